The highest BCUT2D eigenvalue weighted by atomic mass is 32.2. The van der Waals surface area contributed by atoms with Gasteiger partial charge in [-0.2, -0.15) is 0 Å². The molecular weight excluding hydrogens is 444 g/mol. The van der Waals surface area contributed by atoms with Crippen LogP contribution < -0.4 is 9.62 Å². The number of anilines is 1. The van der Waals surface area contributed by atoms with Crippen LogP contribution in [0, 0.1) is 10.1 Å². The summed E-state index contributed by atoms with van der Waals surface area (Å²) in [5.74, 6) is -0.492. The average Bonchev–Trinajstić information content (AvgIpc) is 2.77. The van der Waals surface area contributed by atoms with Gasteiger partial charge in [0.05, 0.1) is 16.9 Å². The van der Waals surface area contributed by atoms with E-state index in [1.807, 2.05) is 12.1 Å². The van der Waals surface area contributed by atoms with Crippen LogP contribution in [0.15, 0.2) is 48.5 Å². The third kappa shape index (κ3) is 6.75. The van der Waals surface area contributed by atoms with Gasteiger partial charge in [-0.15, -0.1) is 0 Å². The van der Waals surface area contributed by atoms with Gasteiger partial charge in [0.1, 0.15) is 6.04 Å². The molecule has 1 amide bonds. The minimum Gasteiger partial charge on any atom is -0.350 e. The van der Waals surface area contributed by atoms with Gasteiger partial charge in [-0.1, -0.05) is 36.8 Å². The zero-order valence-corrected chi connectivity index (χ0v) is 19.8. The second-order valence-corrected chi connectivity index (χ2v) is 10.2. The molecule has 1 saturated heterocycles. The number of amides is 1. The molecule has 0 bridgehead atoms. The summed E-state index contributed by atoms with van der Waals surface area (Å²) in [6, 6.07) is 12.1. The molecule has 0 saturated carbocycles. The van der Waals surface area contributed by atoms with Gasteiger partial charge in [-0.05, 0) is 50.0 Å². The predicted octanol–water partition coefficient (Wildman–Crippen LogP) is 3.05. The number of hydrogen-bond acceptors (Lipinski definition) is 6. The number of nitro groups is 1. The van der Waals surface area contributed by atoms with Crippen molar-refractivity contribution in [1.29, 1.82) is 0 Å². The van der Waals surface area contributed by atoms with E-state index in [0.717, 1.165) is 41.8 Å². The van der Waals surface area contributed by atoms with Crippen molar-refractivity contribution in [1.82, 2.24) is 10.2 Å². The molecule has 1 atom stereocenters. The second-order valence-electron chi connectivity index (χ2n) is 8.39. The molecule has 178 valence electrons. The van der Waals surface area contributed by atoms with Gasteiger partial charge < -0.3 is 5.32 Å². The van der Waals surface area contributed by atoms with Crippen LogP contribution >= 0.6 is 0 Å². The number of hydrogen-bond donors (Lipinski definition) is 1. The van der Waals surface area contributed by atoms with Gasteiger partial charge in [-0.25, -0.2) is 8.42 Å². The highest BCUT2D eigenvalue weighted by molar-refractivity contribution is 7.92. The first-order chi connectivity index (χ1) is 15.6. The Labute approximate surface area is 194 Å². The Balaban J connectivity index is 1.69. The Hall–Kier alpha value is -2.98. The number of non-ortho nitro benzene ring substituents is 1. The van der Waals surface area contributed by atoms with Crippen molar-refractivity contribution in [2.24, 2.45) is 0 Å². The van der Waals surface area contributed by atoms with Crippen LogP contribution in [-0.4, -0.2) is 49.5 Å². The maximum Gasteiger partial charge on any atom is 0.271 e. The van der Waals surface area contributed by atoms with E-state index in [2.05, 4.69) is 22.3 Å². The summed E-state index contributed by atoms with van der Waals surface area (Å²) in [7, 11) is -3.87. The molecule has 3 rings (SSSR count). The number of nitro benzene ring substituents is 1. The van der Waals surface area contributed by atoms with Gasteiger partial charge in [0.25, 0.3) is 5.69 Å². The minimum atomic E-state index is -3.87. The molecule has 9 nitrogen and oxygen atoms in total. The molecule has 0 unspecified atom stereocenters. The lowest BCUT2D eigenvalue weighted by Gasteiger charge is -2.28. The standard InChI is InChI=1S/C23H30N4O5S/c1-18(26(33(2,31)32)21-10-7-11-22(15-21)27(29)30)23(28)24-16-19-8-6-9-20(14-19)17-25-12-4-3-5-13-25/h6-11,14-15,18H,3-5,12-13,16-17H2,1-2H3,(H,24,28)/t18-/m1/s1. The Morgan fingerprint density at radius 2 is 1.79 bits per heavy atom. The van der Waals surface area contributed by atoms with Crippen molar-refractivity contribution in [2.75, 3.05) is 23.7 Å². The first-order valence-corrected chi connectivity index (χ1v) is 12.8. The van der Waals surface area contributed by atoms with E-state index in [9.17, 15) is 23.3 Å². The molecule has 1 fully saturated rings. The molecule has 10 heteroatoms. The monoisotopic (exact) mass is 474 g/mol. The van der Waals surface area contributed by atoms with Crippen LogP contribution in [0.25, 0.3) is 0 Å². The fraction of sp³-hybridized carbons (Fsp3) is 0.435. The maximum absolute atomic E-state index is 12.8. The number of sulfonamides is 1. The maximum atomic E-state index is 12.8. The molecule has 0 spiro atoms. The summed E-state index contributed by atoms with van der Waals surface area (Å²) in [6.45, 7) is 4.77. The van der Waals surface area contributed by atoms with Crippen molar-refractivity contribution >= 4 is 27.3 Å². The van der Waals surface area contributed by atoms with Crippen molar-refractivity contribution in [3.8, 4) is 0 Å². The highest BCUT2D eigenvalue weighted by Crippen LogP contribution is 2.25. The molecule has 2 aromatic rings. The van der Waals surface area contributed by atoms with E-state index in [1.54, 1.807) is 0 Å². The van der Waals surface area contributed by atoms with E-state index in [0.29, 0.717) is 0 Å². The Kier molecular flexibility index (Phi) is 8.04. The summed E-state index contributed by atoms with van der Waals surface area (Å²) in [5, 5.41) is 13.9. The van der Waals surface area contributed by atoms with Crippen molar-refractivity contribution in [3.63, 3.8) is 0 Å². The van der Waals surface area contributed by atoms with E-state index in [-0.39, 0.29) is 17.9 Å². The fourth-order valence-corrected chi connectivity index (χ4v) is 5.27. The van der Waals surface area contributed by atoms with Gasteiger partial charge in [-0.3, -0.25) is 24.1 Å². The van der Waals surface area contributed by atoms with Gasteiger partial charge in [0.2, 0.25) is 15.9 Å². The lowest BCUT2D eigenvalue weighted by atomic mass is 10.1. The molecule has 0 aliphatic carbocycles. The van der Waals surface area contributed by atoms with Crippen LogP contribution in [0.3, 0.4) is 0 Å². The number of likely N-dealkylation sites (tertiary alicyclic amines) is 1. The molecule has 33 heavy (non-hydrogen) atoms. The number of nitrogens with zero attached hydrogens (tertiary/aromatic N) is 3. The zero-order valence-electron chi connectivity index (χ0n) is 18.9. The summed E-state index contributed by atoms with van der Waals surface area (Å²) in [4.78, 5) is 25.8. The van der Waals surface area contributed by atoms with Crippen molar-refractivity contribution in [3.05, 3.63) is 69.8 Å². The lowest BCUT2D eigenvalue weighted by molar-refractivity contribution is -0.384. The molecule has 0 aromatic heterocycles. The van der Waals surface area contributed by atoms with Crippen LogP contribution in [0.4, 0.5) is 11.4 Å². The number of nitrogens with one attached hydrogen (secondary N) is 1. The van der Waals surface area contributed by atoms with Gasteiger partial charge >= 0.3 is 0 Å². The Morgan fingerprint density at radius 1 is 1.12 bits per heavy atom. The minimum absolute atomic E-state index is 0.0675. The summed E-state index contributed by atoms with van der Waals surface area (Å²) in [5.41, 5.74) is 1.91. The molecular formula is C23H30N4O5S. The molecule has 0 radical (unpaired) electrons. The van der Waals surface area contributed by atoms with Gasteiger partial charge in [0.15, 0.2) is 0 Å². The smallest absolute Gasteiger partial charge is 0.271 e. The second kappa shape index (κ2) is 10.8. The predicted molar refractivity (Wildman–Crippen MR) is 127 cm³/mol. The number of piperidine rings is 1. The third-order valence-electron chi connectivity index (χ3n) is 5.70. The zero-order chi connectivity index (χ0) is 24.0. The number of carbonyl (C=O) groups excluding carboxylic acids is 1. The van der Waals surface area contributed by atoms with E-state index in [4.69, 9.17) is 0 Å². The first-order valence-electron chi connectivity index (χ1n) is 11.0. The molecule has 1 N–H and O–H groups in total. The molecule has 2 aromatic carbocycles. The average molecular weight is 475 g/mol. The summed E-state index contributed by atoms with van der Waals surface area (Å²) >= 11 is 0. The fourth-order valence-electron chi connectivity index (χ4n) is 4.10. The van der Waals surface area contributed by atoms with Crippen molar-refractivity contribution in [2.45, 2.75) is 45.3 Å². The van der Waals surface area contributed by atoms with Gasteiger partial charge in [0, 0.05) is 25.2 Å². The normalized spacial score (nSPS) is 15.6. The molecule has 1 aliphatic rings. The number of carbonyl (C=O) groups is 1. The molecule has 1 heterocycles. The van der Waals surface area contributed by atoms with Crippen LogP contribution in [0.2, 0.25) is 0 Å². The number of benzene rings is 2. The molecule has 1 aliphatic heterocycles. The van der Waals surface area contributed by atoms with Crippen LogP contribution in [0.1, 0.15) is 37.3 Å². The third-order valence-corrected chi connectivity index (χ3v) is 6.94. The quantitative estimate of drug-likeness (QED) is 0.441. The lowest BCUT2D eigenvalue weighted by Crippen LogP contribution is -2.47. The van der Waals surface area contributed by atoms with E-state index in [1.165, 1.54) is 49.9 Å². The number of rotatable bonds is 9. The summed E-state index contributed by atoms with van der Waals surface area (Å²) < 4.78 is 25.8. The largest absolute Gasteiger partial charge is 0.350 e. The highest BCUT2D eigenvalue weighted by Gasteiger charge is 2.30. The first kappa shape index (κ1) is 24.7. The Bertz CT molecular complexity index is 1100. The Morgan fingerprint density at radius 3 is 2.45 bits per heavy atom. The summed E-state index contributed by atoms with van der Waals surface area (Å²) in [6.07, 6.45) is 4.69. The SMILES string of the molecule is C[C@H](C(=O)NCc1cccc(CN2CCCCC2)c1)N(c1cccc([N+](=O)[O-])c1)S(C)(=O)=O. The van der Waals surface area contributed by atoms with Crippen LogP contribution in [-0.2, 0) is 27.9 Å². The van der Waals surface area contributed by atoms with E-state index >= 15 is 0 Å². The topological polar surface area (TPSA) is 113 Å². The van der Waals surface area contributed by atoms with Crippen LogP contribution in [0.5, 0.6) is 0 Å². The van der Waals surface area contributed by atoms with Crippen molar-refractivity contribution < 1.29 is 18.1 Å². The van der Waals surface area contributed by atoms with E-state index < -0.39 is 26.9 Å².